The van der Waals surface area contributed by atoms with Crippen LogP contribution in [0.5, 0.6) is 5.75 Å². The topological polar surface area (TPSA) is 41.9 Å². The van der Waals surface area contributed by atoms with Crippen LogP contribution in [0.1, 0.15) is 61.1 Å². The molecule has 0 fully saturated rings. The van der Waals surface area contributed by atoms with Gasteiger partial charge in [0.1, 0.15) is 22.7 Å². The Balaban J connectivity index is 1.86. The van der Waals surface area contributed by atoms with Crippen LogP contribution in [0.2, 0.25) is 20.1 Å². The monoisotopic (exact) mass is 748 g/mol. The van der Waals surface area contributed by atoms with Crippen molar-refractivity contribution in [3.63, 3.8) is 0 Å². The van der Waals surface area contributed by atoms with Gasteiger partial charge >= 0.3 is 5.37 Å². The van der Waals surface area contributed by atoms with E-state index in [9.17, 15) is 4.79 Å². The highest BCUT2D eigenvalue weighted by molar-refractivity contribution is 6.64. The molecule has 6 rings (SSSR count). The maximum atomic E-state index is 14.4. The number of rotatable bonds is 7. The summed E-state index contributed by atoms with van der Waals surface area (Å²) in [7, 11) is 0. The number of ether oxygens (including phenoxy) is 1. The molecule has 5 aromatic carbocycles. The first-order valence-electron chi connectivity index (χ1n) is 15.7. The molecule has 0 saturated heterocycles. The molecule has 0 saturated carbocycles. The number of carbonyl (C=O) groups is 1. The first-order chi connectivity index (χ1) is 23.3. The predicted octanol–water partition coefficient (Wildman–Crippen LogP) is 12.3. The highest BCUT2D eigenvalue weighted by atomic mass is 35.5. The van der Waals surface area contributed by atoms with Gasteiger partial charge in [-0.05, 0) is 112 Å². The van der Waals surface area contributed by atoms with Crippen LogP contribution >= 0.6 is 58.0 Å². The highest BCUT2D eigenvalue weighted by Gasteiger charge is 2.66. The van der Waals surface area contributed by atoms with Crippen molar-refractivity contribution in [1.29, 1.82) is 0 Å². The van der Waals surface area contributed by atoms with E-state index in [1.54, 1.807) is 29.2 Å². The fraction of sp³-hybridized carbons (Fsp3) is 0.200. The van der Waals surface area contributed by atoms with Crippen molar-refractivity contribution >= 4 is 69.2 Å². The number of amides is 1. The van der Waals surface area contributed by atoms with Gasteiger partial charge in [-0.2, -0.15) is 0 Å². The lowest BCUT2D eigenvalue weighted by molar-refractivity contribution is 0.178. The maximum Gasteiger partial charge on any atom is 0.323 e. The summed E-state index contributed by atoms with van der Waals surface area (Å²) in [4.78, 5) is 21.6. The quantitative estimate of drug-likeness (QED) is 0.123. The third kappa shape index (κ3) is 6.13. The van der Waals surface area contributed by atoms with Crippen LogP contribution in [0.25, 0.3) is 0 Å². The van der Waals surface area contributed by atoms with Gasteiger partial charge in [-0.15, -0.1) is 0 Å². The molecule has 0 aromatic heterocycles. The van der Waals surface area contributed by atoms with Gasteiger partial charge in [-0.1, -0.05) is 122 Å². The fourth-order valence-corrected chi connectivity index (χ4v) is 7.49. The Kier molecular flexibility index (Phi) is 9.85. The Morgan fingerprint density at radius 2 is 1.08 bits per heavy atom. The molecule has 0 radical (unpaired) electrons. The van der Waals surface area contributed by atoms with E-state index < -0.39 is 16.4 Å². The molecule has 250 valence electrons. The molecular weight excluding hydrogens is 718 g/mol. The fourth-order valence-electron chi connectivity index (χ4n) is 6.78. The van der Waals surface area contributed by atoms with E-state index >= 15 is 0 Å². The van der Waals surface area contributed by atoms with Crippen LogP contribution in [0.3, 0.4) is 0 Å². The summed E-state index contributed by atoms with van der Waals surface area (Å²) in [5.74, 6) is 0.888. The number of amidine groups is 1. The molecule has 0 N–H and O–H groups in total. The molecule has 1 aliphatic rings. The van der Waals surface area contributed by atoms with Gasteiger partial charge in [0.15, 0.2) is 0 Å². The Hall–Kier alpha value is -3.51. The number of hydrogen-bond acceptors (Lipinski definition) is 3. The summed E-state index contributed by atoms with van der Waals surface area (Å²) < 4.78 is 6.30. The second-order valence-corrected chi connectivity index (χ2v) is 14.9. The molecule has 4 nitrogen and oxygen atoms in total. The van der Waals surface area contributed by atoms with Crippen molar-refractivity contribution in [2.24, 2.45) is 4.99 Å². The van der Waals surface area contributed by atoms with Crippen molar-refractivity contribution in [3.05, 3.63) is 169 Å². The van der Waals surface area contributed by atoms with E-state index in [4.69, 9.17) is 67.7 Å². The average molecular weight is 751 g/mol. The molecule has 0 aliphatic carbocycles. The SMILES string of the molecule is CCOc1cc(C(C)(C)C)ccc1C1=NC(c2ccc(Cl)cc2)(c2ccc(Cl)cc2)C(c2ccc(Cl)cc2)(c2ccc(Cl)cc2)N1C(=O)Cl. The van der Waals surface area contributed by atoms with E-state index in [1.165, 1.54) is 0 Å². The zero-order valence-electron chi connectivity index (χ0n) is 27.3. The normalized spacial score (nSPS) is 15.2. The van der Waals surface area contributed by atoms with Crippen LogP contribution < -0.4 is 4.74 Å². The number of benzene rings is 5. The third-order valence-electron chi connectivity index (χ3n) is 8.96. The van der Waals surface area contributed by atoms with Crippen LogP contribution in [-0.4, -0.2) is 22.7 Å². The van der Waals surface area contributed by atoms with Crippen molar-refractivity contribution in [2.75, 3.05) is 6.61 Å². The van der Waals surface area contributed by atoms with Crippen LogP contribution in [-0.2, 0) is 16.5 Å². The summed E-state index contributed by atoms with van der Waals surface area (Å²) in [6.07, 6.45) is 0. The van der Waals surface area contributed by atoms with Crippen LogP contribution in [0.15, 0.2) is 120 Å². The minimum atomic E-state index is -1.45. The third-order valence-corrected chi connectivity index (χ3v) is 10.1. The average Bonchev–Trinajstić information content (AvgIpc) is 3.39. The lowest BCUT2D eigenvalue weighted by Crippen LogP contribution is -2.58. The van der Waals surface area contributed by atoms with Crippen molar-refractivity contribution in [3.8, 4) is 5.75 Å². The summed E-state index contributed by atoms with van der Waals surface area (Å²) in [6, 6.07) is 35.7. The van der Waals surface area contributed by atoms with Gasteiger partial charge in [0.2, 0.25) is 0 Å². The molecule has 1 heterocycles. The smallest absolute Gasteiger partial charge is 0.323 e. The summed E-state index contributed by atoms with van der Waals surface area (Å²) >= 11 is 32.8. The Morgan fingerprint density at radius 1 is 0.673 bits per heavy atom. The lowest BCUT2D eigenvalue weighted by Gasteiger charge is -2.49. The molecule has 9 heteroatoms. The molecule has 5 aromatic rings. The first kappa shape index (κ1) is 35.3. The van der Waals surface area contributed by atoms with Crippen LogP contribution in [0, 0.1) is 0 Å². The number of halogens is 5. The Labute approximate surface area is 312 Å². The molecular formula is C40H33Cl5N2O2. The molecule has 1 amide bonds. The number of nitrogens with zero attached hydrogens (tertiary/aromatic N) is 2. The van der Waals surface area contributed by atoms with E-state index in [-0.39, 0.29) is 5.41 Å². The zero-order chi connectivity index (χ0) is 35.1. The van der Waals surface area contributed by atoms with E-state index in [0.29, 0.717) is 55.0 Å². The number of hydrogen-bond donors (Lipinski definition) is 0. The second kappa shape index (κ2) is 13.7. The van der Waals surface area contributed by atoms with Gasteiger partial charge in [0.25, 0.3) is 0 Å². The summed E-state index contributed by atoms with van der Waals surface area (Å²) in [5, 5.41) is 1.39. The van der Waals surface area contributed by atoms with Gasteiger partial charge in [-0.3, -0.25) is 9.69 Å². The maximum absolute atomic E-state index is 14.4. The first-order valence-corrected chi connectivity index (χ1v) is 17.6. The van der Waals surface area contributed by atoms with Crippen molar-refractivity contribution in [2.45, 2.75) is 44.2 Å². The van der Waals surface area contributed by atoms with Gasteiger partial charge in [0.05, 0.1) is 12.2 Å². The van der Waals surface area contributed by atoms with Crippen LogP contribution in [0.4, 0.5) is 4.79 Å². The van der Waals surface area contributed by atoms with E-state index in [2.05, 4.69) is 20.8 Å². The minimum Gasteiger partial charge on any atom is -0.493 e. The van der Waals surface area contributed by atoms with E-state index in [1.807, 2.05) is 97.9 Å². The van der Waals surface area contributed by atoms with Crippen molar-refractivity contribution < 1.29 is 9.53 Å². The van der Waals surface area contributed by atoms with E-state index in [0.717, 1.165) is 16.7 Å². The molecule has 49 heavy (non-hydrogen) atoms. The Morgan fingerprint density at radius 3 is 1.45 bits per heavy atom. The number of carbonyl (C=O) groups excluding carboxylic acids is 1. The van der Waals surface area contributed by atoms with Gasteiger partial charge in [-0.25, -0.2) is 4.99 Å². The molecule has 1 aliphatic heterocycles. The highest BCUT2D eigenvalue weighted by Crippen LogP contribution is 2.61. The zero-order valence-corrected chi connectivity index (χ0v) is 31.1. The van der Waals surface area contributed by atoms with Gasteiger partial charge in [0, 0.05) is 20.1 Å². The molecule has 0 bridgehead atoms. The summed E-state index contributed by atoms with van der Waals surface area (Å²) in [6.45, 7) is 8.72. The van der Waals surface area contributed by atoms with Crippen molar-refractivity contribution in [1.82, 2.24) is 4.90 Å². The number of aliphatic imine (C=N–C) groups is 1. The second-order valence-electron chi connectivity index (χ2n) is 12.9. The standard InChI is InChI=1S/C40H33Cl5N2O2/c1-5-49-35-24-29(38(2,3)4)14-23-34(35)36-46-39(25-6-15-30(41)16-7-25,26-8-17-31(42)18-9-26)40(47(36)37(45)48,27-10-19-32(43)20-11-27)28-12-21-33(44)22-13-28/h6-24H,5H2,1-4H3. The Bertz CT molecular complexity index is 1930. The van der Waals surface area contributed by atoms with Gasteiger partial charge < -0.3 is 4.74 Å². The lowest BCUT2D eigenvalue weighted by atomic mass is 9.62. The molecule has 0 spiro atoms. The minimum absolute atomic E-state index is 0.170. The largest absolute Gasteiger partial charge is 0.493 e. The summed E-state index contributed by atoms with van der Waals surface area (Å²) in [5.41, 5.74) is 1.53. The predicted molar refractivity (Wildman–Crippen MR) is 203 cm³/mol. The molecule has 0 unspecified atom stereocenters. The molecule has 0 atom stereocenters.